The predicted octanol–water partition coefficient (Wildman–Crippen LogP) is 3.08. The molecule has 2 N–H and O–H groups in total. The number of aromatic nitrogens is 3. The first-order valence-electron chi connectivity index (χ1n) is 9.31. The molecule has 0 saturated carbocycles. The topological polar surface area (TPSA) is 59.2 Å². The van der Waals surface area contributed by atoms with E-state index in [1.807, 2.05) is 35.5 Å². The van der Waals surface area contributed by atoms with Gasteiger partial charge in [0, 0.05) is 38.2 Å². The van der Waals surface area contributed by atoms with Gasteiger partial charge >= 0.3 is 0 Å². The van der Waals surface area contributed by atoms with Crippen LogP contribution in [0.4, 0.5) is 0 Å². The van der Waals surface area contributed by atoms with Crippen LogP contribution < -0.4 is 10.6 Å². The number of nitrogens with one attached hydrogen (secondary N) is 2. The van der Waals surface area contributed by atoms with Crippen LogP contribution in [-0.2, 0) is 20.1 Å². The summed E-state index contributed by atoms with van der Waals surface area (Å²) in [6.45, 7) is 8.31. The molecular weight excluding hydrogens is 336 g/mol. The molecule has 27 heavy (non-hydrogen) atoms. The molecule has 0 aliphatic carbocycles. The summed E-state index contributed by atoms with van der Waals surface area (Å²) in [7, 11) is 2.02. The highest BCUT2D eigenvalue weighted by molar-refractivity contribution is 5.79. The molecule has 0 bridgehead atoms. The third-order valence-electron chi connectivity index (χ3n) is 4.33. The van der Waals surface area contributed by atoms with Crippen molar-refractivity contribution in [2.24, 2.45) is 12.0 Å². The lowest BCUT2D eigenvalue weighted by molar-refractivity contribution is 0.783. The highest BCUT2D eigenvalue weighted by Crippen LogP contribution is 2.16. The smallest absolute Gasteiger partial charge is 0.191 e. The van der Waals surface area contributed by atoms with Gasteiger partial charge in [-0.2, -0.15) is 5.10 Å². The van der Waals surface area contributed by atoms with E-state index in [1.54, 1.807) is 0 Å². The minimum absolute atomic E-state index is 0.648. The SMILES string of the molecule is CCNC(=NCc1ccn(C)c1)NCc1ccccc1-n1nc(C)cc1C. The van der Waals surface area contributed by atoms with E-state index in [0.717, 1.165) is 29.6 Å². The molecule has 0 amide bonds. The maximum absolute atomic E-state index is 4.69. The highest BCUT2D eigenvalue weighted by atomic mass is 15.3. The molecule has 0 radical (unpaired) electrons. The Morgan fingerprint density at radius 2 is 1.96 bits per heavy atom. The Labute approximate surface area is 160 Å². The predicted molar refractivity (Wildman–Crippen MR) is 110 cm³/mol. The number of hydrogen-bond acceptors (Lipinski definition) is 2. The van der Waals surface area contributed by atoms with Gasteiger partial charge in [-0.1, -0.05) is 18.2 Å². The zero-order valence-corrected chi connectivity index (χ0v) is 16.5. The lowest BCUT2D eigenvalue weighted by atomic mass is 10.1. The monoisotopic (exact) mass is 364 g/mol. The largest absolute Gasteiger partial charge is 0.357 e. The molecule has 3 rings (SSSR count). The van der Waals surface area contributed by atoms with Crippen molar-refractivity contribution in [1.82, 2.24) is 25.0 Å². The maximum atomic E-state index is 4.69. The van der Waals surface area contributed by atoms with Crippen LogP contribution in [0.25, 0.3) is 5.69 Å². The normalized spacial score (nSPS) is 11.6. The van der Waals surface area contributed by atoms with E-state index in [1.165, 1.54) is 11.1 Å². The number of nitrogens with zero attached hydrogens (tertiary/aromatic N) is 4. The summed E-state index contributed by atoms with van der Waals surface area (Å²) in [5, 5.41) is 11.4. The summed E-state index contributed by atoms with van der Waals surface area (Å²) in [4.78, 5) is 4.69. The van der Waals surface area contributed by atoms with E-state index in [2.05, 4.69) is 66.1 Å². The average Bonchev–Trinajstić information content (AvgIpc) is 3.22. The fourth-order valence-corrected chi connectivity index (χ4v) is 3.09. The van der Waals surface area contributed by atoms with Crippen molar-refractivity contribution in [2.75, 3.05) is 6.54 Å². The Morgan fingerprint density at radius 1 is 1.15 bits per heavy atom. The van der Waals surface area contributed by atoms with Gasteiger partial charge in [0.15, 0.2) is 5.96 Å². The standard InChI is InChI=1S/C21H28N6/c1-5-22-21(23-13-18-10-11-26(4)15-18)24-14-19-8-6-7-9-20(19)27-17(3)12-16(2)25-27/h6-12,15H,5,13-14H2,1-4H3,(H2,22,23,24). The molecule has 0 aliphatic rings. The van der Waals surface area contributed by atoms with Crippen LogP contribution in [0.15, 0.2) is 53.8 Å². The molecule has 6 nitrogen and oxygen atoms in total. The second-order valence-electron chi connectivity index (χ2n) is 6.70. The summed E-state index contributed by atoms with van der Waals surface area (Å²) in [5.74, 6) is 0.810. The Bertz CT molecular complexity index is 918. The van der Waals surface area contributed by atoms with E-state index < -0.39 is 0 Å². The van der Waals surface area contributed by atoms with Crippen LogP contribution in [0.2, 0.25) is 0 Å². The summed E-state index contributed by atoms with van der Waals surface area (Å²) in [6, 6.07) is 12.5. The van der Waals surface area contributed by atoms with Gasteiger partial charge in [-0.3, -0.25) is 0 Å². The van der Waals surface area contributed by atoms with Crippen molar-refractivity contribution in [3.05, 3.63) is 71.3 Å². The number of para-hydroxylation sites is 1. The molecule has 0 fully saturated rings. The molecule has 1 aromatic carbocycles. The van der Waals surface area contributed by atoms with Crippen molar-refractivity contribution in [2.45, 2.75) is 33.9 Å². The average molecular weight is 364 g/mol. The summed E-state index contributed by atoms with van der Waals surface area (Å²) < 4.78 is 4.04. The van der Waals surface area contributed by atoms with Gasteiger partial charge in [0.25, 0.3) is 0 Å². The quantitative estimate of drug-likeness (QED) is 0.522. The summed E-state index contributed by atoms with van der Waals surface area (Å²) in [6.07, 6.45) is 4.13. The number of rotatable bonds is 6. The molecule has 0 aliphatic heterocycles. The molecule has 142 valence electrons. The minimum atomic E-state index is 0.648. The van der Waals surface area contributed by atoms with Crippen LogP contribution in [0.1, 0.15) is 29.4 Å². The number of aryl methyl sites for hydroxylation is 3. The first kappa shape index (κ1) is 18.8. The van der Waals surface area contributed by atoms with E-state index in [4.69, 9.17) is 4.99 Å². The highest BCUT2D eigenvalue weighted by Gasteiger charge is 2.09. The zero-order chi connectivity index (χ0) is 19.2. The lowest BCUT2D eigenvalue weighted by Crippen LogP contribution is -2.37. The van der Waals surface area contributed by atoms with Crippen LogP contribution in [0, 0.1) is 13.8 Å². The number of hydrogen-bond donors (Lipinski definition) is 2. The second-order valence-corrected chi connectivity index (χ2v) is 6.70. The third kappa shape index (κ3) is 4.78. The van der Waals surface area contributed by atoms with E-state index in [0.29, 0.717) is 13.1 Å². The van der Waals surface area contributed by atoms with E-state index in [-0.39, 0.29) is 0 Å². The summed E-state index contributed by atoms with van der Waals surface area (Å²) in [5.41, 5.74) is 5.61. The first-order valence-corrected chi connectivity index (χ1v) is 9.31. The van der Waals surface area contributed by atoms with Crippen LogP contribution in [0.5, 0.6) is 0 Å². The van der Waals surface area contributed by atoms with Gasteiger partial charge in [-0.15, -0.1) is 0 Å². The Kier molecular flexibility index (Phi) is 5.96. The van der Waals surface area contributed by atoms with Crippen molar-refractivity contribution in [1.29, 1.82) is 0 Å². The molecule has 0 unspecified atom stereocenters. The van der Waals surface area contributed by atoms with Gasteiger partial charge in [-0.05, 0) is 50.1 Å². The lowest BCUT2D eigenvalue weighted by Gasteiger charge is -2.15. The van der Waals surface area contributed by atoms with Gasteiger partial charge < -0.3 is 15.2 Å². The maximum Gasteiger partial charge on any atom is 0.191 e. The molecule has 0 atom stereocenters. The van der Waals surface area contributed by atoms with Crippen molar-refractivity contribution < 1.29 is 0 Å². The van der Waals surface area contributed by atoms with Gasteiger partial charge in [0.2, 0.25) is 0 Å². The first-order chi connectivity index (χ1) is 13.1. The molecule has 0 saturated heterocycles. The zero-order valence-electron chi connectivity index (χ0n) is 16.5. The summed E-state index contributed by atoms with van der Waals surface area (Å²) >= 11 is 0. The molecule has 3 aromatic rings. The molecule has 2 aromatic heterocycles. The second kappa shape index (κ2) is 8.58. The Morgan fingerprint density at radius 3 is 2.63 bits per heavy atom. The van der Waals surface area contributed by atoms with Gasteiger partial charge in [-0.25, -0.2) is 9.67 Å². The number of benzene rings is 1. The minimum Gasteiger partial charge on any atom is -0.357 e. The van der Waals surface area contributed by atoms with Gasteiger partial charge in [0.1, 0.15) is 0 Å². The van der Waals surface area contributed by atoms with E-state index in [9.17, 15) is 0 Å². The van der Waals surface area contributed by atoms with E-state index >= 15 is 0 Å². The van der Waals surface area contributed by atoms with Crippen molar-refractivity contribution in [3.63, 3.8) is 0 Å². The Hall–Kier alpha value is -3.02. The van der Waals surface area contributed by atoms with Gasteiger partial charge in [0.05, 0.1) is 17.9 Å². The van der Waals surface area contributed by atoms with Crippen LogP contribution >= 0.6 is 0 Å². The number of guanidine groups is 1. The fourth-order valence-electron chi connectivity index (χ4n) is 3.09. The third-order valence-corrected chi connectivity index (χ3v) is 4.33. The molecule has 0 spiro atoms. The van der Waals surface area contributed by atoms with Crippen LogP contribution in [0.3, 0.4) is 0 Å². The number of aliphatic imine (C=N–C) groups is 1. The molecule has 2 heterocycles. The van der Waals surface area contributed by atoms with Crippen molar-refractivity contribution >= 4 is 5.96 Å². The van der Waals surface area contributed by atoms with Crippen LogP contribution in [-0.4, -0.2) is 26.9 Å². The van der Waals surface area contributed by atoms with Crippen molar-refractivity contribution in [3.8, 4) is 5.69 Å². The molecular formula is C21H28N6. The fraction of sp³-hybridized carbons (Fsp3) is 0.333. The molecule has 6 heteroatoms. The Balaban J connectivity index is 1.75.